The van der Waals surface area contributed by atoms with Crippen molar-refractivity contribution in [2.75, 3.05) is 0 Å². The van der Waals surface area contributed by atoms with Gasteiger partial charge in [-0.05, 0) is 48.0 Å². The summed E-state index contributed by atoms with van der Waals surface area (Å²) in [6.07, 6.45) is 2.65. The summed E-state index contributed by atoms with van der Waals surface area (Å²) in [6, 6.07) is 10.7. The molecule has 0 bridgehead atoms. The van der Waals surface area contributed by atoms with Gasteiger partial charge in [-0.15, -0.1) is 0 Å². The summed E-state index contributed by atoms with van der Waals surface area (Å²) in [6.45, 7) is 0. The lowest BCUT2D eigenvalue weighted by molar-refractivity contribution is -0.140. The molecule has 0 atom stereocenters. The predicted octanol–water partition coefficient (Wildman–Crippen LogP) is 2.72. The van der Waals surface area contributed by atoms with Crippen LogP contribution in [0.25, 0.3) is 22.7 Å². The van der Waals surface area contributed by atoms with Gasteiger partial charge in [-0.1, -0.05) is 6.07 Å². The second-order valence-corrected chi connectivity index (χ2v) is 5.02. The molecule has 2 N–H and O–H groups in total. The van der Waals surface area contributed by atoms with Crippen LogP contribution in [-0.2, 0) is 9.59 Å². The molecule has 0 fully saturated rings. The molecule has 120 valence electrons. The number of aliphatic carboxylic acids is 2. The molecule has 1 heterocycles. The van der Waals surface area contributed by atoms with E-state index < -0.39 is 17.5 Å². The summed E-state index contributed by atoms with van der Waals surface area (Å²) in [7, 11) is 0. The maximum Gasteiger partial charge on any atom is 0.343 e. The molecule has 0 aliphatic carbocycles. The lowest BCUT2D eigenvalue weighted by Gasteiger charge is -2.04. The zero-order chi connectivity index (χ0) is 17.3. The van der Waals surface area contributed by atoms with E-state index in [1.165, 1.54) is 12.1 Å². The van der Waals surface area contributed by atoms with Crippen molar-refractivity contribution in [3.63, 3.8) is 0 Å². The van der Waals surface area contributed by atoms with Gasteiger partial charge in [0.25, 0.3) is 0 Å². The summed E-state index contributed by atoms with van der Waals surface area (Å²) in [5.41, 5.74) is 1.11. The maximum atomic E-state index is 13.0. The van der Waals surface area contributed by atoms with Crippen LogP contribution in [0.4, 0.5) is 4.39 Å². The minimum atomic E-state index is -1.51. The number of fused-ring (bicyclic) bond motifs is 1. The Labute approximate surface area is 135 Å². The highest BCUT2D eigenvalue weighted by Gasteiger charge is 2.16. The van der Waals surface area contributed by atoms with E-state index in [9.17, 15) is 14.0 Å². The molecule has 0 amide bonds. The fourth-order valence-corrected chi connectivity index (χ4v) is 2.31. The third-order valence-electron chi connectivity index (χ3n) is 3.44. The molecule has 0 aliphatic heterocycles. The number of aromatic nitrogens is 2. The van der Waals surface area contributed by atoms with E-state index in [-0.39, 0.29) is 5.82 Å². The van der Waals surface area contributed by atoms with E-state index >= 15 is 0 Å². The van der Waals surface area contributed by atoms with E-state index in [1.807, 2.05) is 0 Å². The van der Waals surface area contributed by atoms with Crippen LogP contribution in [0.3, 0.4) is 0 Å². The maximum absolute atomic E-state index is 13.0. The molecule has 0 radical (unpaired) electrons. The highest BCUT2D eigenvalue weighted by Crippen LogP contribution is 2.21. The van der Waals surface area contributed by atoms with E-state index in [0.717, 1.165) is 11.6 Å². The molecule has 0 unspecified atom stereocenters. The minimum absolute atomic E-state index is 0.350. The van der Waals surface area contributed by atoms with Crippen LogP contribution in [0.2, 0.25) is 0 Å². The Balaban J connectivity index is 2.05. The molecule has 0 saturated heterocycles. The normalized spacial score (nSPS) is 10.5. The first-order valence-corrected chi connectivity index (χ1v) is 6.88. The first-order chi connectivity index (χ1) is 11.5. The Morgan fingerprint density at radius 1 is 1.04 bits per heavy atom. The Kier molecular flexibility index (Phi) is 3.83. The van der Waals surface area contributed by atoms with Gasteiger partial charge in [0.1, 0.15) is 11.4 Å². The van der Waals surface area contributed by atoms with E-state index in [0.29, 0.717) is 16.6 Å². The van der Waals surface area contributed by atoms with Crippen LogP contribution in [0.15, 0.2) is 54.2 Å². The molecule has 0 saturated carbocycles. The first-order valence-electron chi connectivity index (χ1n) is 6.88. The fourth-order valence-electron chi connectivity index (χ4n) is 2.31. The number of hydrogen-bond donors (Lipinski definition) is 2. The summed E-state index contributed by atoms with van der Waals surface area (Å²) in [5.74, 6) is -3.37. The van der Waals surface area contributed by atoms with Gasteiger partial charge in [0.2, 0.25) is 0 Å². The monoisotopic (exact) mass is 326 g/mol. The van der Waals surface area contributed by atoms with Gasteiger partial charge in [-0.3, -0.25) is 0 Å². The second kappa shape index (κ2) is 5.96. The van der Waals surface area contributed by atoms with Crippen molar-refractivity contribution < 1.29 is 24.2 Å². The Morgan fingerprint density at radius 2 is 1.71 bits per heavy atom. The second-order valence-electron chi connectivity index (χ2n) is 5.02. The molecule has 1 aromatic heterocycles. The van der Waals surface area contributed by atoms with Crippen LogP contribution in [0, 0.1) is 5.82 Å². The van der Waals surface area contributed by atoms with Crippen molar-refractivity contribution in [1.29, 1.82) is 0 Å². The zero-order valence-corrected chi connectivity index (χ0v) is 12.2. The molecule has 2 aromatic carbocycles. The molecule has 0 spiro atoms. The lowest BCUT2D eigenvalue weighted by Crippen LogP contribution is -2.10. The van der Waals surface area contributed by atoms with Crippen LogP contribution < -0.4 is 0 Å². The third-order valence-corrected chi connectivity index (χ3v) is 3.44. The predicted molar refractivity (Wildman–Crippen MR) is 84.3 cm³/mol. The topological polar surface area (TPSA) is 92.4 Å². The largest absolute Gasteiger partial charge is 0.477 e. The number of hydrogen-bond acceptors (Lipinski definition) is 3. The molecule has 3 rings (SSSR count). The number of carbonyl (C=O) groups is 2. The van der Waals surface area contributed by atoms with Crippen LogP contribution >= 0.6 is 0 Å². The smallest absolute Gasteiger partial charge is 0.343 e. The molecule has 3 aromatic rings. The number of rotatable bonds is 4. The first kappa shape index (κ1) is 15.4. The molecule has 24 heavy (non-hydrogen) atoms. The Hall–Kier alpha value is -3.48. The lowest BCUT2D eigenvalue weighted by atomic mass is 10.1. The summed E-state index contributed by atoms with van der Waals surface area (Å²) in [5, 5.41) is 22.7. The van der Waals surface area contributed by atoms with Gasteiger partial charge in [0, 0.05) is 5.39 Å². The Bertz CT molecular complexity index is 958. The van der Waals surface area contributed by atoms with Crippen molar-refractivity contribution >= 4 is 28.9 Å². The summed E-state index contributed by atoms with van der Waals surface area (Å²) < 4.78 is 14.6. The quantitative estimate of drug-likeness (QED) is 0.437. The van der Waals surface area contributed by atoms with E-state index in [1.54, 1.807) is 41.2 Å². The SMILES string of the molecule is O=C(O)C(=Cc1ccc2c(cnn2-c2ccc(F)cc2)c1)C(=O)O. The van der Waals surface area contributed by atoms with Crippen LogP contribution in [0.5, 0.6) is 0 Å². The number of nitrogens with zero attached hydrogens (tertiary/aromatic N) is 2. The molecular weight excluding hydrogens is 315 g/mol. The van der Waals surface area contributed by atoms with Crippen LogP contribution in [-0.4, -0.2) is 31.9 Å². The van der Waals surface area contributed by atoms with Crippen molar-refractivity contribution in [2.24, 2.45) is 0 Å². The standard InChI is InChI=1S/C17H11FN2O4/c18-12-2-4-13(5-3-12)20-15-6-1-10(7-11(15)9-19-20)8-14(16(21)22)17(23)24/h1-9H,(H,21,22)(H,23,24). The van der Waals surface area contributed by atoms with Crippen molar-refractivity contribution in [3.05, 3.63) is 65.6 Å². The Morgan fingerprint density at radius 3 is 2.33 bits per heavy atom. The fraction of sp³-hybridized carbons (Fsp3) is 0. The summed E-state index contributed by atoms with van der Waals surface area (Å²) >= 11 is 0. The average Bonchev–Trinajstić information content (AvgIpc) is 2.96. The van der Waals surface area contributed by atoms with Gasteiger partial charge >= 0.3 is 11.9 Å². The van der Waals surface area contributed by atoms with Crippen molar-refractivity contribution in [1.82, 2.24) is 9.78 Å². The van der Waals surface area contributed by atoms with E-state index in [2.05, 4.69) is 5.10 Å². The van der Waals surface area contributed by atoms with Gasteiger partial charge in [0.15, 0.2) is 0 Å². The number of halogens is 1. The minimum Gasteiger partial charge on any atom is -0.477 e. The average molecular weight is 326 g/mol. The number of carboxylic acid groups (broad SMARTS) is 2. The highest BCUT2D eigenvalue weighted by molar-refractivity contribution is 6.16. The van der Waals surface area contributed by atoms with Gasteiger partial charge in [-0.25, -0.2) is 18.7 Å². The molecular formula is C17H11FN2O4. The van der Waals surface area contributed by atoms with Crippen LogP contribution in [0.1, 0.15) is 5.56 Å². The van der Waals surface area contributed by atoms with Gasteiger partial charge < -0.3 is 10.2 Å². The highest BCUT2D eigenvalue weighted by atomic mass is 19.1. The number of carboxylic acids is 2. The van der Waals surface area contributed by atoms with Gasteiger partial charge in [0.05, 0.1) is 17.4 Å². The molecule has 0 aliphatic rings. The number of benzene rings is 2. The third kappa shape index (κ3) is 2.87. The molecule has 6 nitrogen and oxygen atoms in total. The van der Waals surface area contributed by atoms with E-state index in [4.69, 9.17) is 10.2 Å². The molecule has 7 heteroatoms. The zero-order valence-electron chi connectivity index (χ0n) is 12.2. The van der Waals surface area contributed by atoms with Gasteiger partial charge in [-0.2, -0.15) is 5.10 Å². The van der Waals surface area contributed by atoms with Crippen molar-refractivity contribution in [3.8, 4) is 5.69 Å². The summed E-state index contributed by atoms with van der Waals surface area (Å²) in [4.78, 5) is 21.9. The van der Waals surface area contributed by atoms with Crippen molar-refractivity contribution in [2.45, 2.75) is 0 Å².